The van der Waals surface area contributed by atoms with Crippen LogP contribution in [0.1, 0.15) is 31.0 Å². The van der Waals surface area contributed by atoms with Crippen LogP contribution in [0.2, 0.25) is 0 Å². The van der Waals surface area contributed by atoms with Crippen LogP contribution in [0, 0.1) is 11.8 Å². The number of carbonyl (C=O) groups excluding carboxylic acids is 2. The van der Waals surface area contributed by atoms with Crippen LogP contribution < -0.4 is 5.01 Å². The van der Waals surface area contributed by atoms with Crippen LogP contribution in [0.4, 0.5) is 5.69 Å². The Morgan fingerprint density at radius 1 is 0.794 bits per heavy atom. The zero-order valence-electron chi connectivity index (χ0n) is 19.3. The number of anilines is 1. The SMILES string of the molecule is CCOC(=O)C(C(=O)OCC)[C@H]1C(c2ccccc2)=NN(c2ccccc2)[C@@H]1c1ccccc1. The molecular formula is C28H28N2O4. The van der Waals surface area contributed by atoms with Gasteiger partial charge in [0.2, 0.25) is 0 Å². The highest BCUT2D eigenvalue weighted by Gasteiger charge is 2.50. The van der Waals surface area contributed by atoms with Gasteiger partial charge in [-0.1, -0.05) is 78.9 Å². The van der Waals surface area contributed by atoms with Crippen molar-refractivity contribution in [2.24, 2.45) is 16.9 Å². The minimum Gasteiger partial charge on any atom is -0.465 e. The third kappa shape index (κ3) is 4.71. The summed E-state index contributed by atoms with van der Waals surface area (Å²) in [5.41, 5.74) is 3.28. The van der Waals surface area contributed by atoms with E-state index in [0.29, 0.717) is 5.71 Å². The van der Waals surface area contributed by atoms with Crippen molar-refractivity contribution in [3.05, 3.63) is 102 Å². The Morgan fingerprint density at radius 2 is 1.29 bits per heavy atom. The molecule has 0 N–H and O–H groups in total. The predicted octanol–water partition coefficient (Wildman–Crippen LogP) is 5.01. The molecule has 1 aliphatic rings. The molecule has 0 aromatic heterocycles. The second kappa shape index (κ2) is 10.8. The van der Waals surface area contributed by atoms with Gasteiger partial charge >= 0.3 is 11.9 Å². The van der Waals surface area contributed by atoms with Gasteiger partial charge in [0.25, 0.3) is 0 Å². The highest BCUT2D eigenvalue weighted by Crippen LogP contribution is 2.44. The number of rotatable bonds is 8. The number of hydrazone groups is 1. The first-order valence-electron chi connectivity index (χ1n) is 11.5. The van der Waals surface area contributed by atoms with Crippen molar-refractivity contribution in [1.29, 1.82) is 0 Å². The summed E-state index contributed by atoms with van der Waals surface area (Å²) in [5, 5.41) is 6.90. The molecule has 0 saturated heterocycles. The monoisotopic (exact) mass is 456 g/mol. The molecule has 1 aliphatic heterocycles. The minimum absolute atomic E-state index is 0.164. The Balaban J connectivity index is 1.93. The number of esters is 2. The first kappa shape index (κ1) is 23.2. The van der Waals surface area contributed by atoms with E-state index in [-0.39, 0.29) is 13.2 Å². The molecule has 6 heteroatoms. The molecule has 0 fully saturated rings. The molecule has 0 aliphatic carbocycles. The lowest BCUT2D eigenvalue weighted by molar-refractivity contribution is -0.163. The second-order valence-corrected chi connectivity index (χ2v) is 7.89. The average Bonchev–Trinajstić information content (AvgIpc) is 3.26. The lowest BCUT2D eigenvalue weighted by atomic mass is 9.78. The highest BCUT2D eigenvalue weighted by atomic mass is 16.6. The van der Waals surface area contributed by atoms with E-state index in [9.17, 15) is 9.59 Å². The molecule has 174 valence electrons. The van der Waals surface area contributed by atoms with Crippen LogP contribution in [-0.4, -0.2) is 30.9 Å². The van der Waals surface area contributed by atoms with Gasteiger partial charge < -0.3 is 9.47 Å². The van der Waals surface area contributed by atoms with Gasteiger partial charge in [-0.3, -0.25) is 14.6 Å². The minimum atomic E-state index is -1.17. The molecule has 0 saturated carbocycles. The lowest BCUT2D eigenvalue weighted by Crippen LogP contribution is -2.41. The summed E-state index contributed by atoms with van der Waals surface area (Å²) in [6.45, 7) is 3.78. The van der Waals surface area contributed by atoms with E-state index in [0.717, 1.165) is 16.8 Å². The molecule has 2 atom stereocenters. The van der Waals surface area contributed by atoms with Crippen LogP contribution in [0.15, 0.2) is 96.1 Å². The number of hydrogen-bond acceptors (Lipinski definition) is 6. The highest BCUT2D eigenvalue weighted by molar-refractivity contribution is 6.10. The molecular weight excluding hydrogens is 428 g/mol. The van der Waals surface area contributed by atoms with E-state index in [1.807, 2.05) is 96.0 Å². The molecule has 3 aromatic rings. The zero-order valence-corrected chi connectivity index (χ0v) is 19.3. The number of ether oxygens (including phenoxy) is 2. The standard InChI is InChI=1S/C28H28N2O4/c1-3-33-27(31)24(28(32)34-4-2)23-25(20-14-8-5-9-15-20)29-30(22-18-12-7-13-19-22)26(23)21-16-10-6-11-17-21/h5-19,23-24,26H,3-4H2,1-2H3/t23-,26+/m0/s1. The molecule has 0 amide bonds. The normalized spacial score (nSPS) is 17.4. The fraction of sp³-hybridized carbons (Fsp3) is 0.250. The third-order valence-electron chi connectivity index (χ3n) is 5.81. The largest absolute Gasteiger partial charge is 0.465 e. The Labute approximate surface area is 199 Å². The second-order valence-electron chi connectivity index (χ2n) is 7.89. The van der Waals surface area contributed by atoms with Gasteiger partial charge in [0.1, 0.15) is 0 Å². The molecule has 0 bridgehead atoms. The van der Waals surface area contributed by atoms with E-state index in [1.54, 1.807) is 13.8 Å². The summed E-state index contributed by atoms with van der Waals surface area (Å²) >= 11 is 0. The van der Waals surface area contributed by atoms with Gasteiger partial charge in [-0.25, -0.2) is 0 Å². The van der Waals surface area contributed by atoms with Crippen molar-refractivity contribution in [2.75, 3.05) is 18.2 Å². The molecule has 3 aromatic carbocycles. The van der Waals surface area contributed by atoms with Crippen molar-refractivity contribution in [3.8, 4) is 0 Å². The molecule has 1 heterocycles. The average molecular weight is 457 g/mol. The molecule has 0 spiro atoms. The molecule has 34 heavy (non-hydrogen) atoms. The van der Waals surface area contributed by atoms with Crippen molar-refractivity contribution in [3.63, 3.8) is 0 Å². The van der Waals surface area contributed by atoms with E-state index >= 15 is 0 Å². The Hall–Kier alpha value is -3.93. The van der Waals surface area contributed by atoms with Gasteiger partial charge in [0.15, 0.2) is 5.92 Å². The number of hydrogen-bond donors (Lipinski definition) is 0. The van der Waals surface area contributed by atoms with Crippen LogP contribution in [0.3, 0.4) is 0 Å². The zero-order chi connectivity index (χ0) is 23.9. The lowest BCUT2D eigenvalue weighted by Gasteiger charge is -2.31. The number of para-hydroxylation sites is 1. The molecule has 0 radical (unpaired) electrons. The smallest absolute Gasteiger partial charge is 0.321 e. The summed E-state index contributed by atoms with van der Waals surface area (Å²) in [4.78, 5) is 26.5. The number of carbonyl (C=O) groups is 2. The first-order valence-corrected chi connectivity index (χ1v) is 11.5. The Morgan fingerprint density at radius 3 is 1.82 bits per heavy atom. The maximum Gasteiger partial charge on any atom is 0.321 e. The number of nitrogens with zero attached hydrogens (tertiary/aromatic N) is 2. The summed E-state index contributed by atoms with van der Waals surface area (Å²) in [6.07, 6.45) is 0. The van der Waals surface area contributed by atoms with Gasteiger partial charge in [0, 0.05) is 0 Å². The Kier molecular flexibility index (Phi) is 7.38. The first-order chi connectivity index (χ1) is 16.7. The fourth-order valence-corrected chi connectivity index (χ4v) is 4.40. The van der Waals surface area contributed by atoms with Crippen LogP contribution >= 0.6 is 0 Å². The third-order valence-corrected chi connectivity index (χ3v) is 5.81. The molecule has 6 nitrogen and oxygen atoms in total. The maximum absolute atomic E-state index is 13.2. The predicted molar refractivity (Wildman–Crippen MR) is 131 cm³/mol. The number of benzene rings is 3. The van der Waals surface area contributed by atoms with Crippen LogP contribution in [-0.2, 0) is 19.1 Å². The quantitative estimate of drug-likeness (QED) is 0.352. The van der Waals surface area contributed by atoms with Crippen molar-refractivity contribution in [1.82, 2.24) is 0 Å². The van der Waals surface area contributed by atoms with Crippen LogP contribution in [0.5, 0.6) is 0 Å². The topological polar surface area (TPSA) is 68.2 Å². The molecule has 0 unspecified atom stereocenters. The van der Waals surface area contributed by atoms with Crippen molar-refractivity contribution >= 4 is 23.3 Å². The fourth-order valence-electron chi connectivity index (χ4n) is 4.40. The van der Waals surface area contributed by atoms with E-state index < -0.39 is 29.8 Å². The van der Waals surface area contributed by atoms with Crippen LogP contribution in [0.25, 0.3) is 0 Å². The van der Waals surface area contributed by atoms with E-state index in [2.05, 4.69) is 0 Å². The maximum atomic E-state index is 13.2. The van der Waals surface area contributed by atoms with Gasteiger partial charge in [-0.15, -0.1) is 0 Å². The van der Waals surface area contributed by atoms with Gasteiger partial charge in [0.05, 0.1) is 36.6 Å². The van der Waals surface area contributed by atoms with E-state index in [1.165, 1.54) is 0 Å². The molecule has 4 rings (SSSR count). The van der Waals surface area contributed by atoms with Crippen molar-refractivity contribution in [2.45, 2.75) is 19.9 Å². The Bertz CT molecular complexity index is 1110. The summed E-state index contributed by atoms with van der Waals surface area (Å²) in [5.74, 6) is -3.00. The summed E-state index contributed by atoms with van der Waals surface area (Å²) in [6, 6.07) is 28.8. The van der Waals surface area contributed by atoms with Gasteiger partial charge in [-0.05, 0) is 37.1 Å². The van der Waals surface area contributed by atoms with Gasteiger partial charge in [-0.2, -0.15) is 5.10 Å². The van der Waals surface area contributed by atoms with Crippen molar-refractivity contribution < 1.29 is 19.1 Å². The van der Waals surface area contributed by atoms with E-state index in [4.69, 9.17) is 14.6 Å². The summed E-state index contributed by atoms with van der Waals surface area (Å²) in [7, 11) is 0. The summed E-state index contributed by atoms with van der Waals surface area (Å²) < 4.78 is 10.8.